The number of hydrogen-bond donors (Lipinski definition) is 1. The summed E-state index contributed by atoms with van der Waals surface area (Å²) >= 11 is 5.85. The molecule has 1 N–H and O–H groups in total. The van der Waals surface area contributed by atoms with Gasteiger partial charge in [-0.05, 0) is 37.8 Å². The molecule has 0 spiro atoms. The second-order valence-corrected chi connectivity index (χ2v) is 5.46. The third-order valence-electron chi connectivity index (χ3n) is 3.75. The van der Waals surface area contributed by atoms with Crippen LogP contribution < -0.4 is 0 Å². The van der Waals surface area contributed by atoms with E-state index in [1.165, 1.54) is 18.2 Å². The fraction of sp³-hybridized carbons (Fsp3) is 0.500. The minimum absolute atomic E-state index is 0.00785. The van der Waals surface area contributed by atoms with Crippen LogP contribution in [0, 0.1) is 10.1 Å². The first-order chi connectivity index (χ1) is 10.1. The van der Waals surface area contributed by atoms with Gasteiger partial charge < -0.3 is 10.0 Å². The smallest absolute Gasteiger partial charge is 0.300 e. The van der Waals surface area contributed by atoms with Crippen LogP contribution in [0.1, 0.15) is 36.0 Å². The Morgan fingerprint density at radius 2 is 2.24 bits per heavy atom. The minimum Gasteiger partial charge on any atom is -0.396 e. The van der Waals surface area contributed by atoms with Gasteiger partial charge in [-0.15, -0.1) is 0 Å². The Balaban J connectivity index is 2.34. The molecule has 1 aromatic carbocycles. The Bertz CT molecular complexity index is 548. The Kier molecular flexibility index (Phi) is 5.14. The van der Waals surface area contributed by atoms with E-state index in [0.29, 0.717) is 13.0 Å². The lowest BCUT2D eigenvalue weighted by molar-refractivity contribution is -0.385. The van der Waals surface area contributed by atoms with Crippen molar-refractivity contribution in [3.05, 3.63) is 38.9 Å². The van der Waals surface area contributed by atoms with Gasteiger partial charge >= 0.3 is 5.69 Å². The van der Waals surface area contributed by atoms with Crippen LogP contribution in [0.5, 0.6) is 0 Å². The number of hydrogen-bond acceptors (Lipinski definition) is 4. The van der Waals surface area contributed by atoms with Gasteiger partial charge in [-0.2, -0.15) is 0 Å². The van der Waals surface area contributed by atoms with Gasteiger partial charge in [0.1, 0.15) is 10.6 Å². The first-order valence-corrected chi connectivity index (χ1v) is 7.28. The van der Waals surface area contributed by atoms with Crippen molar-refractivity contribution >= 4 is 23.2 Å². The highest BCUT2D eigenvalue weighted by atomic mass is 35.5. The largest absolute Gasteiger partial charge is 0.396 e. The molecule has 0 bridgehead atoms. The fourth-order valence-electron chi connectivity index (χ4n) is 2.75. The number of amides is 1. The summed E-state index contributed by atoms with van der Waals surface area (Å²) in [6, 6.07) is 4.29. The number of aliphatic hydroxyl groups is 1. The standard InChI is InChI=1S/C14H17ClN2O4/c15-12-6-3-5-11(13(12)17(20)21)14(19)16-8-2-1-4-10(16)7-9-18/h3,5-6,10,18H,1-2,4,7-9H2. The van der Waals surface area contributed by atoms with Gasteiger partial charge in [0.05, 0.1) is 4.92 Å². The molecular formula is C14H17ClN2O4. The van der Waals surface area contributed by atoms with E-state index in [0.717, 1.165) is 19.3 Å². The molecule has 1 saturated heterocycles. The molecule has 1 atom stereocenters. The summed E-state index contributed by atoms with van der Waals surface area (Å²) in [5.74, 6) is -0.387. The maximum atomic E-state index is 12.6. The lowest BCUT2D eigenvalue weighted by atomic mass is 9.98. The van der Waals surface area contributed by atoms with Crippen LogP contribution in [-0.4, -0.2) is 40.0 Å². The highest BCUT2D eigenvalue weighted by molar-refractivity contribution is 6.33. The Hall–Kier alpha value is -1.66. The number of nitro groups is 1. The number of nitro benzene ring substituents is 1. The number of likely N-dealkylation sites (tertiary alicyclic amines) is 1. The summed E-state index contributed by atoms with van der Waals surface area (Å²) in [4.78, 5) is 24.8. The molecular weight excluding hydrogens is 296 g/mol. The quantitative estimate of drug-likeness (QED) is 0.684. The van der Waals surface area contributed by atoms with E-state index in [-0.39, 0.29) is 34.8 Å². The number of halogens is 1. The van der Waals surface area contributed by atoms with Crippen molar-refractivity contribution in [2.24, 2.45) is 0 Å². The summed E-state index contributed by atoms with van der Waals surface area (Å²) in [5, 5.41) is 20.2. The number of para-hydroxylation sites is 1. The van der Waals surface area contributed by atoms with Crippen molar-refractivity contribution in [2.75, 3.05) is 13.2 Å². The van der Waals surface area contributed by atoms with Gasteiger partial charge in [-0.25, -0.2) is 0 Å². The SMILES string of the molecule is O=C(c1cccc(Cl)c1[N+](=O)[O-])N1CCCCC1CCO. The number of benzene rings is 1. The Morgan fingerprint density at radius 1 is 1.48 bits per heavy atom. The van der Waals surface area contributed by atoms with Gasteiger partial charge in [0.15, 0.2) is 0 Å². The van der Waals surface area contributed by atoms with E-state index < -0.39 is 4.92 Å². The molecule has 0 aliphatic carbocycles. The summed E-state index contributed by atoms with van der Waals surface area (Å²) < 4.78 is 0. The second-order valence-electron chi connectivity index (χ2n) is 5.05. The van der Waals surface area contributed by atoms with E-state index in [2.05, 4.69) is 0 Å². The van der Waals surface area contributed by atoms with Crippen molar-refractivity contribution in [3.63, 3.8) is 0 Å². The topological polar surface area (TPSA) is 83.7 Å². The molecule has 6 nitrogen and oxygen atoms in total. The zero-order valence-electron chi connectivity index (χ0n) is 11.5. The van der Waals surface area contributed by atoms with Gasteiger partial charge in [0.25, 0.3) is 5.91 Å². The van der Waals surface area contributed by atoms with Crippen LogP contribution >= 0.6 is 11.6 Å². The maximum Gasteiger partial charge on any atom is 0.300 e. The minimum atomic E-state index is -0.624. The average molecular weight is 313 g/mol. The fourth-order valence-corrected chi connectivity index (χ4v) is 2.99. The van der Waals surface area contributed by atoms with Crippen molar-refractivity contribution in [1.29, 1.82) is 0 Å². The molecule has 1 aliphatic rings. The van der Waals surface area contributed by atoms with Crippen molar-refractivity contribution in [1.82, 2.24) is 4.90 Å². The molecule has 1 aliphatic heterocycles. The Morgan fingerprint density at radius 3 is 2.90 bits per heavy atom. The van der Waals surface area contributed by atoms with Crippen molar-refractivity contribution in [2.45, 2.75) is 31.7 Å². The number of carbonyl (C=O) groups excluding carboxylic acids is 1. The maximum absolute atomic E-state index is 12.6. The average Bonchev–Trinajstić information content (AvgIpc) is 2.47. The zero-order chi connectivity index (χ0) is 15.4. The monoisotopic (exact) mass is 312 g/mol. The van der Waals surface area contributed by atoms with Crippen LogP contribution in [0.2, 0.25) is 5.02 Å². The molecule has 1 heterocycles. The molecule has 0 radical (unpaired) electrons. The molecule has 1 unspecified atom stereocenters. The summed E-state index contributed by atoms with van der Waals surface area (Å²) in [7, 11) is 0. The predicted octanol–water partition coefficient (Wildman–Crippen LogP) is 2.63. The van der Waals surface area contributed by atoms with Gasteiger partial charge in [0, 0.05) is 19.2 Å². The predicted molar refractivity (Wildman–Crippen MR) is 78.5 cm³/mol. The van der Waals surface area contributed by atoms with Crippen LogP contribution in [0.25, 0.3) is 0 Å². The highest BCUT2D eigenvalue weighted by Crippen LogP contribution is 2.31. The summed E-state index contributed by atoms with van der Waals surface area (Å²) in [5.41, 5.74) is -0.338. The van der Waals surface area contributed by atoms with Crippen molar-refractivity contribution < 1.29 is 14.8 Å². The first-order valence-electron chi connectivity index (χ1n) is 6.91. The van der Waals surface area contributed by atoms with Gasteiger partial charge in [-0.3, -0.25) is 14.9 Å². The third kappa shape index (κ3) is 3.33. The van der Waals surface area contributed by atoms with Crippen molar-refractivity contribution in [3.8, 4) is 0 Å². The summed E-state index contributed by atoms with van der Waals surface area (Å²) in [6.45, 7) is 0.541. The first kappa shape index (κ1) is 15.7. The molecule has 1 aromatic rings. The van der Waals surface area contributed by atoms with Crippen LogP contribution in [-0.2, 0) is 0 Å². The highest BCUT2D eigenvalue weighted by Gasteiger charge is 2.32. The second kappa shape index (κ2) is 6.87. The van der Waals surface area contributed by atoms with Crippen LogP contribution in [0.3, 0.4) is 0 Å². The van der Waals surface area contributed by atoms with Crippen LogP contribution in [0.15, 0.2) is 18.2 Å². The molecule has 0 aromatic heterocycles. The number of rotatable bonds is 4. The van der Waals surface area contributed by atoms with Gasteiger partial charge in [-0.1, -0.05) is 17.7 Å². The van der Waals surface area contributed by atoms with E-state index in [1.54, 1.807) is 4.90 Å². The zero-order valence-corrected chi connectivity index (χ0v) is 12.3. The number of carbonyl (C=O) groups is 1. The normalized spacial score (nSPS) is 18.6. The molecule has 1 amide bonds. The molecule has 2 rings (SSSR count). The molecule has 7 heteroatoms. The van der Waals surface area contributed by atoms with Crippen LogP contribution in [0.4, 0.5) is 5.69 Å². The molecule has 114 valence electrons. The Labute approximate surface area is 127 Å². The summed E-state index contributed by atoms with van der Waals surface area (Å²) in [6.07, 6.45) is 3.15. The molecule has 21 heavy (non-hydrogen) atoms. The van der Waals surface area contributed by atoms with E-state index in [4.69, 9.17) is 16.7 Å². The number of aliphatic hydroxyl groups excluding tert-OH is 1. The van der Waals surface area contributed by atoms with E-state index >= 15 is 0 Å². The lowest BCUT2D eigenvalue weighted by Crippen LogP contribution is -2.44. The third-order valence-corrected chi connectivity index (χ3v) is 4.06. The molecule has 1 fully saturated rings. The number of piperidine rings is 1. The lowest BCUT2D eigenvalue weighted by Gasteiger charge is -2.35. The number of nitrogens with zero attached hydrogens (tertiary/aromatic N) is 2. The van der Waals surface area contributed by atoms with E-state index in [9.17, 15) is 14.9 Å². The van der Waals surface area contributed by atoms with Gasteiger partial charge in [0.2, 0.25) is 0 Å². The molecule has 0 saturated carbocycles. The van der Waals surface area contributed by atoms with E-state index in [1.807, 2.05) is 0 Å².